The van der Waals surface area contributed by atoms with Crippen molar-refractivity contribution in [1.82, 2.24) is 0 Å². The molecular formula is C8H6FN3O2. The number of carbonyl (C=O) groups excluding carboxylic acids is 1. The number of carbonyl (C=O) groups is 1. The number of benzene rings is 1. The predicted octanol–water partition coefficient (Wildman–Crippen LogP) is 2.54. The Kier molecular flexibility index (Phi) is 3.46. The van der Waals surface area contributed by atoms with Crippen LogP contribution in [0.5, 0.6) is 0 Å². The van der Waals surface area contributed by atoms with Crippen LogP contribution in [0.25, 0.3) is 10.4 Å². The van der Waals surface area contributed by atoms with Crippen LogP contribution in [0.15, 0.2) is 29.4 Å². The zero-order valence-corrected chi connectivity index (χ0v) is 7.05. The highest BCUT2D eigenvalue weighted by molar-refractivity contribution is 5.88. The van der Waals surface area contributed by atoms with Gasteiger partial charge in [0.15, 0.2) is 0 Å². The second kappa shape index (κ2) is 4.84. The maximum atomic E-state index is 11.5. The van der Waals surface area contributed by atoms with Crippen molar-refractivity contribution in [2.45, 2.75) is 6.54 Å². The van der Waals surface area contributed by atoms with Crippen LogP contribution in [0.1, 0.15) is 15.9 Å². The molecule has 0 aromatic heterocycles. The van der Waals surface area contributed by atoms with E-state index in [0.29, 0.717) is 0 Å². The van der Waals surface area contributed by atoms with Crippen molar-refractivity contribution < 1.29 is 14.3 Å². The quantitative estimate of drug-likeness (QED) is 0.422. The summed E-state index contributed by atoms with van der Waals surface area (Å²) in [4.78, 5) is 16.3. The third kappa shape index (κ3) is 2.46. The first-order chi connectivity index (χ1) is 6.77. The Balaban J connectivity index is 2.78. The average molecular weight is 195 g/mol. The van der Waals surface area contributed by atoms with E-state index in [0.717, 1.165) is 5.56 Å². The van der Waals surface area contributed by atoms with Crippen LogP contribution in [0, 0.1) is 0 Å². The maximum absolute atomic E-state index is 11.5. The Morgan fingerprint density at radius 2 is 2.14 bits per heavy atom. The summed E-state index contributed by atoms with van der Waals surface area (Å²) in [5, 5.41) is 3.33. The highest BCUT2D eigenvalue weighted by Crippen LogP contribution is 2.07. The van der Waals surface area contributed by atoms with E-state index in [1.165, 1.54) is 12.1 Å². The molecule has 6 heteroatoms. The molecule has 0 amide bonds. The zero-order valence-electron chi connectivity index (χ0n) is 7.05. The van der Waals surface area contributed by atoms with Crippen molar-refractivity contribution >= 4 is 5.97 Å². The zero-order chi connectivity index (χ0) is 10.4. The van der Waals surface area contributed by atoms with E-state index in [1.807, 2.05) is 0 Å². The van der Waals surface area contributed by atoms with Gasteiger partial charge >= 0.3 is 5.97 Å². The third-order valence-electron chi connectivity index (χ3n) is 1.58. The SMILES string of the molecule is [N-]=[N+]=NCc1ccc(C(=O)OF)cc1. The summed E-state index contributed by atoms with van der Waals surface area (Å²) in [5.41, 5.74) is 8.89. The molecule has 0 heterocycles. The van der Waals surface area contributed by atoms with Crippen molar-refractivity contribution in [2.24, 2.45) is 5.11 Å². The minimum absolute atomic E-state index is 0.109. The minimum atomic E-state index is -1.04. The number of rotatable bonds is 3. The Labute approximate surface area is 78.6 Å². The minimum Gasteiger partial charge on any atom is -0.249 e. The molecule has 0 saturated carbocycles. The number of nitrogens with zero attached hydrogens (tertiary/aromatic N) is 3. The van der Waals surface area contributed by atoms with Gasteiger partial charge in [-0.2, -0.15) is 0 Å². The maximum Gasteiger partial charge on any atom is 0.379 e. The average Bonchev–Trinajstić information content (AvgIpc) is 2.26. The molecule has 0 spiro atoms. The monoisotopic (exact) mass is 195 g/mol. The molecular weight excluding hydrogens is 189 g/mol. The first-order valence-electron chi connectivity index (χ1n) is 3.70. The number of halogens is 1. The van der Waals surface area contributed by atoms with E-state index in [2.05, 4.69) is 15.0 Å². The van der Waals surface area contributed by atoms with E-state index >= 15 is 0 Å². The standard InChI is InChI=1S/C8H6FN3O2/c9-14-8(13)7-3-1-6(2-4-7)5-11-12-10/h1-4H,5H2. The Bertz CT molecular complexity index is 371. The largest absolute Gasteiger partial charge is 0.379 e. The number of hydrogen-bond acceptors (Lipinski definition) is 3. The molecule has 14 heavy (non-hydrogen) atoms. The first-order valence-corrected chi connectivity index (χ1v) is 3.70. The molecule has 1 rings (SSSR count). The fourth-order valence-electron chi connectivity index (χ4n) is 0.904. The molecule has 0 aliphatic heterocycles. The van der Waals surface area contributed by atoms with Gasteiger partial charge in [-0.15, -0.1) is 0 Å². The second-order valence-electron chi connectivity index (χ2n) is 2.45. The first kappa shape index (κ1) is 10.0. The summed E-state index contributed by atoms with van der Waals surface area (Å²) in [7, 11) is 0. The fraction of sp³-hybridized carbons (Fsp3) is 0.125. The van der Waals surface area contributed by atoms with Crippen LogP contribution in [-0.2, 0) is 11.5 Å². The topological polar surface area (TPSA) is 75.1 Å². The summed E-state index contributed by atoms with van der Waals surface area (Å²) in [6, 6.07) is 5.90. The molecule has 0 aliphatic carbocycles. The lowest BCUT2D eigenvalue weighted by molar-refractivity contribution is -0.0788. The van der Waals surface area contributed by atoms with Gasteiger partial charge in [0.05, 0.1) is 12.1 Å². The normalized spacial score (nSPS) is 8.93. The van der Waals surface area contributed by atoms with Gasteiger partial charge in [0.1, 0.15) is 0 Å². The summed E-state index contributed by atoms with van der Waals surface area (Å²) >= 11 is 0. The summed E-state index contributed by atoms with van der Waals surface area (Å²) < 4.78 is 11.5. The van der Waals surface area contributed by atoms with Crippen LogP contribution in [0.2, 0.25) is 0 Å². The van der Waals surface area contributed by atoms with Gasteiger partial charge in [0.2, 0.25) is 0 Å². The van der Waals surface area contributed by atoms with Crippen LogP contribution in [-0.4, -0.2) is 5.97 Å². The van der Waals surface area contributed by atoms with Crippen molar-refractivity contribution in [2.75, 3.05) is 0 Å². The molecule has 0 aliphatic rings. The lowest BCUT2D eigenvalue weighted by Gasteiger charge is -1.97. The summed E-state index contributed by atoms with van der Waals surface area (Å²) in [6.45, 7) is 0.196. The molecule has 5 nitrogen and oxygen atoms in total. The summed E-state index contributed by atoms with van der Waals surface area (Å²) in [6.07, 6.45) is 0. The van der Waals surface area contributed by atoms with Crippen LogP contribution in [0.3, 0.4) is 0 Å². The van der Waals surface area contributed by atoms with Gasteiger partial charge in [0, 0.05) is 9.44 Å². The lowest BCUT2D eigenvalue weighted by atomic mass is 10.1. The number of hydrogen-bond donors (Lipinski definition) is 0. The second-order valence-corrected chi connectivity index (χ2v) is 2.45. The molecule has 0 atom stereocenters. The van der Waals surface area contributed by atoms with Gasteiger partial charge < -0.3 is 0 Å². The van der Waals surface area contributed by atoms with Gasteiger partial charge in [-0.3, -0.25) is 0 Å². The molecule has 1 aromatic rings. The molecule has 0 N–H and O–H groups in total. The van der Waals surface area contributed by atoms with Gasteiger partial charge in [-0.05, 0) is 23.2 Å². The molecule has 0 fully saturated rings. The number of azide groups is 1. The summed E-state index contributed by atoms with van der Waals surface area (Å²) in [5.74, 6) is -1.04. The van der Waals surface area contributed by atoms with Crippen molar-refractivity contribution in [1.29, 1.82) is 0 Å². The van der Waals surface area contributed by atoms with E-state index in [1.54, 1.807) is 12.1 Å². The van der Waals surface area contributed by atoms with Crippen molar-refractivity contribution in [3.63, 3.8) is 0 Å². The smallest absolute Gasteiger partial charge is 0.249 e. The van der Waals surface area contributed by atoms with E-state index < -0.39 is 5.97 Å². The van der Waals surface area contributed by atoms with Gasteiger partial charge in [0.25, 0.3) is 0 Å². The Hall–Kier alpha value is -2.07. The van der Waals surface area contributed by atoms with Crippen LogP contribution >= 0.6 is 0 Å². The highest BCUT2D eigenvalue weighted by Gasteiger charge is 2.06. The van der Waals surface area contributed by atoms with E-state index in [9.17, 15) is 9.32 Å². The highest BCUT2D eigenvalue weighted by atomic mass is 19.3. The van der Waals surface area contributed by atoms with Crippen molar-refractivity contribution in [3.8, 4) is 0 Å². The Morgan fingerprint density at radius 3 is 2.64 bits per heavy atom. The predicted molar refractivity (Wildman–Crippen MR) is 45.8 cm³/mol. The molecule has 0 bridgehead atoms. The molecule has 0 saturated heterocycles. The molecule has 0 radical (unpaired) electrons. The van der Waals surface area contributed by atoms with Gasteiger partial charge in [-0.25, -0.2) is 9.74 Å². The van der Waals surface area contributed by atoms with Crippen LogP contribution < -0.4 is 0 Å². The van der Waals surface area contributed by atoms with Gasteiger partial charge in [-0.1, -0.05) is 17.2 Å². The van der Waals surface area contributed by atoms with E-state index in [4.69, 9.17) is 5.53 Å². The van der Waals surface area contributed by atoms with Crippen molar-refractivity contribution in [3.05, 3.63) is 45.8 Å². The van der Waals surface area contributed by atoms with E-state index in [-0.39, 0.29) is 12.1 Å². The fourth-order valence-corrected chi connectivity index (χ4v) is 0.904. The molecule has 72 valence electrons. The molecule has 0 unspecified atom stereocenters. The third-order valence-corrected chi connectivity index (χ3v) is 1.58. The molecule has 1 aromatic carbocycles. The van der Waals surface area contributed by atoms with Crippen LogP contribution in [0.4, 0.5) is 4.53 Å². The lowest BCUT2D eigenvalue weighted by Crippen LogP contribution is -1.98. The Morgan fingerprint density at radius 1 is 1.50 bits per heavy atom.